The lowest BCUT2D eigenvalue weighted by atomic mass is 9.92. The van der Waals surface area contributed by atoms with Crippen molar-refractivity contribution < 1.29 is 22.3 Å². The van der Waals surface area contributed by atoms with Gasteiger partial charge < -0.3 is 30.6 Å². The molecule has 4 N–H and O–H groups in total. The molecule has 4 aromatic rings. The van der Waals surface area contributed by atoms with Gasteiger partial charge in [-0.3, -0.25) is 0 Å². The second-order valence-corrected chi connectivity index (χ2v) is 11.7. The van der Waals surface area contributed by atoms with Gasteiger partial charge in [-0.05, 0) is 50.9 Å². The number of fused-ring (bicyclic) bond motifs is 4. The fraction of sp³-hybridized carbons (Fsp3) is 0.433. The van der Waals surface area contributed by atoms with Crippen LogP contribution in [0.25, 0.3) is 32.9 Å². The standard InChI is InChI=1S/C30H30F4N8O/c1-14-23(24-19(10-35)21(36)5-6-22(24)41(14)2)25-20(30(32,33)34)9-18-27(26(25)31)39-29(43-13-17-7-8-37-17)40-28(18)42-11-15-3-4-16(12-42)38-15/h5-6,9,15-17,37-38H,3-4,7-8,11-13,36H2,1-2H3/t15?,16?,17-/m0/s1. The van der Waals surface area contributed by atoms with E-state index < -0.39 is 23.1 Å². The topological polar surface area (TPSA) is 117 Å². The largest absolute Gasteiger partial charge is 0.462 e. The molecule has 0 spiro atoms. The van der Waals surface area contributed by atoms with E-state index in [1.165, 1.54) is 6.07 Å². The summed E-state index contributed by atoms with van der Waals surface area (Å²) in [4.78, 5) is 10.8. The summed E-state index contributed by atoms with van der Waals surface area (Å²) in [7, 11) is 1.66. The van der Waals surface area contributed by atoms with Gasteiger partial charge in [0.05, 0.1) is 22.3 Å². The molecule has 13 heteroatoms. The number of benzene rings is 2. The molecular weight excluding hydrogens is 564 g/mol. The number of hydrogen-bond acceptors (Lipinski definition) is 8. The molecule has 5 heterocycles. The number of aryl methyl sites for hydroxylation is 1. The number of piperazine rings is 1. The SMILES string of the molecule is Cc1c(-c2c(C(F)(F)F)cc3c(N4CC5CCC(C4)N5)nc(OC[C@@H]4CCN4)nc3c2F)c2c(C#N)c(N)ccc2n1C. The fourth-order valence-corrected chi connectivity index (χ4v) is 6.70. The van der Waals surface area contributed by atoms with Gasteiger partial charge in [0.2, 0.25) is 0 Å². The smallest absolute Gasteiger partial charge is 0.417 e. The van der Waals surface area contributed by atoms with E-state index in [1.54, 1.807) is 24.6 Å². The number of nitrogens with zero attached hydrogens (tertiary/aromatic N) is 5. The Labute approximate surface area is 244 Å². The lowest BCUT2D eigenvalue weighted by molar-refractivity contribution is -0.137. The van der Waals surface area contributed by atoms with Crippen LogP contribution in [0.5, 0.6) is 6.01 Å². The van der Waals surface area contributed by atoms with Crippen LogP contribution < -0.4 is 26.0 Å². The highest BCUT2D eigenvalue weighted by atomic mass is 19.4. The predicted molar refractivity (Wildman–Crippen MR) is 154 cm³/mol. The summed E-state index contributed by atoms with van der Waals surface area (Å²) in [5, 5.41) is 16.8. The molecule has 2 aromatic carbocycles. The van der Waals surface area contributed by atoms with Gasteiger partial charge in [-0.15, -0.1) is 0 Å². The van der Waals surface area contributed by atoms with Gasteiger partial charge >= 0.3 is 12.2 Å². The van der Waals surface area contributed by atoms with Crippen molar-refractivity contribution in [3.05, 3.63) is 40.8 Å². The van der Waals surface area contributed by atoms with Gasteiger partial charge in [-0.25, -0.2) is 4.39 Å². The van der Waals surface area contributed by atoms with Crippen molar-refractivity contribution in [1.29, 1.82) is 5.26 Å². The minimum absolute atomic E-state index is 0.0134. The van der Waals surface area contributed by atoms with Crippen molar-refractivity contribution in [2.45, 2.75) is 50.5 Å². The second-order valence-electron chi connectivity index (χ2n) is 11.7. The van der Waals surface area contributed by atoms with Crippen molar-refractivity contribution >= 4 is 33.3 Å². The molecule has 3 fully saturated rings. The van der Waals surface area contributed by atoms with E-state index >= 15 is 4.39 Å². The first kappa shape index (κ1) is 27.7. The van der Waals surface area contributed by atoms with Crippen LogP contribution in [0.2, 0.25) is 0 Å². The molecule has 43 heavy (non-hydrogen) atoms. The lowest BCUT2D eigenvalue weighted by Gasteiger charge is -2.34. The van der Waals surface area contributed by atoms with Gasteiger partial charge in [0.1, 0.15) is 24.0 Å². The Hall–Kier alpha value is -4.15. The van der Waals surface area contributed by atoms with E-state index in [2.05, 4.69) is 20.6 Å². The number of nitrogens with two attached hydrogens (primary N) is 1. The summed E-state index contributed by atoms with van der Waals surface area (Å²) < 4.78 is 69.3. The number of alkyl halides is 3. The normalized spacial score (nSPS) is 21.8. The Balaban J connectivity index is 1.52. The van der Waals surface area contributed by atoms with E-state index in [-0.39, 0.29) is 69.7 Å². The van der Waals surface area contributed by atoms with Crippen molar-refractivity contribution in [2.24, 2.45) is 7.05 Å². The van der Waals surface area contributed by atoms with Gasteiger partial charge in [0.25, 0.3) is 0 Å². The van der Waals surface area contributed by atoms with Crippen molar-refractivity contribution in [1.82, 2.24) is 25.2 Å². The molecule has 0 amide bonds. The molecular formula is C30H30F4N8O. The highest BCUT2D eigenvalue weighted by Crippen LogP contribution is 2.48. The Bertz CT molecular complexity index is 1810. The molecule has 0 radical (unpaired) electrons. The molecule has 3 atom stereocenters. The van der Waals surface area contributed by atoms with Crippen LogP contribution in [0.15, 0.2) is 18.2 Å². The van der Waals surface area contributed by atoms with Crippen molar-refractivity contribution in [3.63, 3.8) is 0 Å². The Kier molecular flexibility index (Phi) is 6.41. The third kappa shape index (κ3) is 4.42. The molecule has 2 aromatic heterocycles. The number of anilines is 2. The molecule has 0 aliphatic carbocycles. The molecule has 9 nitrogen and oxygen atoms in total. The van der Waals surface area contributed by atoms with Crippen molar-refractivity contribution in [3.8, 4) is 23.2 Å². The van der Waals surface area contributed by atoms with Crippen LogP contribution in [-0.4, -0.2) is 58.9 Å². The number of hydrogen-bond donors (Lipinski definition) is 3. The van der Waals surface area contributed by atoms with Gasteiger partial charge in [-0.2, -0.15) is 28.4 Å². The number of aromatic nitrogens is 3. The zero-order valence-electron chi connectivity index (χ0n) is 23.6. The second kappa shape index (κ2) is 9.96. The molecule has 2 unspecified atom stereocenters. The summed E-state index contributed by atoms with van der Waals surface area (Å²) in [5.41, 5.74) is 4.80. The molecule has 2 bridgehead atoms. The van der Waals surface area contributed by atoms with E-state index in [4.69, 9.17) is 10.5 Å². The van der Waals surface area contributed by atoms with Crippen molar-refractivity contribution in [2.75, 3.05) is 36.9 Å². The number of halogens is 4. The van der Waals surface area contributed by atoms with Crippen LogP contribution in [0.1, 0.15) is 36.1 Å². The molecule has 7 rings (SSSR count). The zero-order chi connectivity index (χ0) is 30.2. The van der Waals surface area contributed by atoms with Gasteiger partial charge in [0.15, 0.2) is 5.82 Å². The first-order valence-corrected chi connectivity index (χ1v) is 14.3. The zero-order valence-corrected chi connectivity index (χ0v) is 23.6. The van der Waals surface area contributed by atoms with Crippen LogP contribution in [-0.2, 0) is 13.2 Å². The van der Waals surface area contributed by atoms with E-state index in [1.807, 2.05) is 11.0 Å². The van der Waals surface area contributed by atoms with Crippen LogP contribution in [0, 0.1) is 24.1 Å². The minimum Gasteiger partial charge on any atom is -0.462 e. The monoisotopic (exact) mass is 594 g/mol. The average molecular weight is 595 g/mol. The predicted octanol–water partition coefficient (Wildman–Crippen LogP) is 4.39. The van der Waals surface area contributed by atoms with Gasteiger partial charge in [0, 0.05) is 65.9 Å². The first-order valence-electron chi connectivity index (χ1n) is 14.3. The third-order valence-corrected chi connectivity index (χ3v) is 9.10. The Morgan fingerprint density at radius 1 is 1.14 bits per heavy atom. The van der Waals surface area contributed by atoms with E-state index in [9.17, 15) is 18.4 Å². The van der Waals surface area contributed by atoms with E-state index in [0.717, 1.165) is 31.9 Å². The highest BCUT2D eigenvalue weighted by Gasteiger charge is 2.40. The number of nitriles is 1. The molecule has 3 aliphatic heterocycles. The summed E-state index contributed by atoms with van der Waals surface area (Å²) in [6.07, 6.45) is -2.15. The van der Waals surface area contributed by atoms with Crippen LogP contribution >= 0.6 is 0 Å². The first-order chi connectivity index (χ1) is 20.5. The minimum atomic E-state index is -4.93. The number of nitrogens with one attached hydrogen (secondary N) is 2. The molecule has 3 aliphatic rings. The van der Waals surface area contributed by atoms with Gasteiger partial charge in [-0.1, -0.05) is 0 Å². The maximum Gasteiger partial charge on any atom is 0.417 e. The fourth-order valence-electron chi connectivity index (χ4n) is 6.70. The average Bonchev–Trinajstić information content (AvgIpc) is 3.41. The summed E-state index contributed by atoms with van der Waals surface area (Å²) in [5.74, 6) is -0.937. The Morgan fingerprint density at radius 3 is 2.49 bits per heavy atom. The quantitative estimate of drug-likeness (QED) is 0.230. The third-order valence-electron chi connectivity index (χ3n) is 9.10. The maximum absolute atomic E-state index is 17.0. The number of rotatable bonds is 5. The van der Waals surface area contributed by atoms with Crippen LogP contribution in [0.4, 0.5) is 29.1 Å². The summed E-state index contributed by atoms with van der Waals surface area (Å²) >= 11 is 0. The molecule has 224 valence electrons. The number of ether oxygens (including phenoxy) is 1. The summed E-state index contributed by atoms with van der Waals surface area (Å²) in [6.45, 7) is 3.74. The molecule has 0 saturated carbocycles. The molecule has 3 saturated heterocycles. The lowest BCUT2D eigenvalue weighted by Crippen LogP contribution is -2.51. The number of nitrogen functional groups attached to an aromatic ring is 1. The summed E-state index contributed by atoms with van der Waals surface area (Å²) in [6, 6.07) is 6.42. The van der Waals surface area contributed by atoms with E-state index in [0.29, 0.717) is 24.3 Å². The maximum atomic E-state index is 17.0. The Morgan fingerprint density at radius 2 is 1.86 bits per heavy atom. The highest BCUT2D eigenvalue weighted by molar-refractivity contribution is 6.07. The van der Waals surface area contributed by atoms with Crippen LogP contribution in [0.3, 0.4) is 0 Å².